The van der Waals surface area contributed by atoms with Crippen molar-refractivity contribution in [1.82, 2.24) is 9.97 Å². The van der Waals surface area contributed by atoms with Crippen LogP contribution in [-0.4, -0.2) is 30.4 Å². The van der Waals surface area contributed by atoms with Crippen molar-refractivity contribution in [1.29, 1.82) is 0 Å². The third-order valence-electron chi connectivity index (χ3n) is 1.79. The molecule has 0 aliphatic rings. The van der Waals surface area contributed by atoms with E-state index < -0.39 is 17.9 Å². The number of rotatable bonds is 3. The maximum Gasteiger partial charge on any atom is 0.409 e. The quantitative estimate of drug-likeness (QED) is 0.851. The molecule has 1 heterocycles. The Hall–Kier alpha value is -1.57. The van der Waals surface area contributed by atoms with Gasteiger partial charge in [0, 0.05) is 0 Å². The van der Waals surface area contributed by atoms with Crippen LogP contribution in [0.3, 0.4) is 0 Å². The zero-order valence-electron chi connectivity index (χ0n) is 8.58. The van der Waals surface area contributed by atoms with E-state index in [9.17, 15) is 13.2 Å². The molecule has 16 heavy (non-hydrogen) atoms. The fourth-order valence-electron chi connectivity index (χ4n) is 0.983. The van der Waals surface area contributed by atoms with Gasteiger partial charge in [0.25, 0.3) is 0 Å². The molecule has 0 aromatic carbocycles. The summed E-state index contributed by atoms with van der Waals surface area (Å²) in [5.41, 5.74) is 4.52. The normalized spacial score (nSPS) is 13.4. The summed E-state index contributed by atoms with van der Waals surface area (Å²) in [7, 11) is 2.49. The van der Waals surface area contributed by atoms with E-state index >= 15 is 0 Å². The Kier molecular flexibility index (Phi) is 3.53. The van der Waals surface area contributed by atoms with Gasteiger partial charge < -0.3 is 15.2 Å². The summed E-state index contributed by atoms with van der Waals surface area (Å²) in [5, 5.41) is 0. The summed E-state index contributed by atoms with van der Waals surface area (Å²) < 4.78 is 46.4. The first kappa shape index (κ1) is 12.5. The van der Waals surface area contributed by atoms with Gasteiger partial charge >= 0.3 is 6.18 Å². The average Bonchev–Trinajstić information content (AvgIpc) is 2.26. The molecule has 0 fully saturated rings. The van der Waals surface area contributed by atoms with Crippen molar-refractivity contribution in [2.45, 2.75) is 12.2 Å². The molecule has 0 bridgehead atoms. The Morgan fingerprint density at radius 2 is 1.94 bits per heavy atom. The number of alkyl halides is 3. The van der Waals surface area contributed by atoms with Gasteiger partial charge in [0.1, 0.15) is 11.7 Å². The molecule has 5 nitrogen and oxygen atoms in total. The van der Waals surface area contributed by atoms with Gasteiger partial charge in [0.2, 0.25) is 11.8 Å². The molecule has 0 amide bonds. The lowest BCUT2D eigenvalue weighted by Crippen LogP contribution is -2.30. The Morgan fingerprint density at radius 1 is 1.31 bits per heavy atom. The Bertz CT molecular complexity index is 370. The van der Waals surface area contributed by atoms with Gasteiger partial charge in [-0.3, -0.25) is 0 Å². The van der Waals surface area contributed by atoms with Crippen LogP contribution in [0.5, 0.6) is 11.8 Å². The minimum Gasteiger partial charge on any atom is -0.480 e. The van der Waals surface area contributed by atoms with Crippen LogP contribution in [-0.2, 0) is 0 Å². The summed E-state index contributed by atoms with van der Waals surface area (Å²) in [6, 6.07) is -2.24. The Balaban J connectivity index is 3.14. The highest BCUT2D eigenvalue weighted by molar-refractivity contribution is 5.26. The fraction of sp³-hybridized carbons (Fsp3) is 0.500. The molecular formula is C8H10F3N3O2. The third kappa shape index (κ3) is 2.51. The van der Waals surface area contributed by atoms with E-state index in [1.807, 2.05) is 0 Å². The summed E-state index contributed by atoms with van der Waals surface area (Å²) in [4.78, 5) is 7.19. The second-order valence-corrected chi connectivity index (χ2v) is 2.83. The van der Waals surface area contributed by atoms with Crippen LogP contribution in [0.2, 0.25) is 0 Å². The second kappa shape index (κ2) is 4.52. The number of hydrogen-bond acceptors (Lipinski definition) is 5. The minimum absolute atomic E-state index is 0.0509. The summed E-state index contributed by atoms with van der Waals surface area (Å²) >= 11 is 0. The zero-order chi connectivity index (χ0) is 12.3. The van der Waals surface area contributed by atoms with Crippen LogP contribution in [0.25, 0.3) is 0 Å². The van der Waals surface area contributed by atoms with E-state index in [1.54, 1.807) is 0 Å². The standard InChI is InChI=1S/C8H10F3N3O2/c1-15-4-3-13-5(7(14-4)16-2)6(12)8(9,10)11/h3,6H,12H2,1-2H3. The van der Waals surface area contributed by atoms with Crippen LogP contribution in [0.15, 0.2) is 6.20 Å². The van der Waals surface area contributed by atoms with Crippen LogP contribution in [0.4, 0.5) is 13.2 Å². The van der Waals surface area contributed by atoms with E-state index in [0.29, 0.717) is 0 Å². The van der Waals surface area contributed by atoms with Crippen LogP contribution in [0, 0.1) is 0 Å². The highest BCUT2D eigenvalue weighted by Gasteiger charge is 2.41. The van der Waals surface area contributed by atoms with Crippen molar-refractivity contribution >= 4 is 0 Å². The highest BCUT2D eigenvalue weighted by Crippen LogP contribution is 2.33. The maximum absolute atomic E-state index is 12.4. The van der Waals surface area contributed by atoms with Crippen molar-refractivity contribution in [3.63, 3.8) is 0 Å². The SMILES string of the molecule is COc1cnc(C(N)C(F)(F)F)c(OC)n1. The molecule has 0 radical (unpaired) electrons. The molecule has 90 valence electrons. The van der Waals surface area contributed by atoms with Crippen molar-refractivity contribution in [2.75, 3.05) is 14.2 Å². The van der Waals surface area contributed by atoms with Gasteiger partial charge in [-0.1, -0.05) is 0 Å². The molecule has 1 atom stereocenters. The molecule has 0 spiro atoms. The van der Waals surface area contributed by atoms with Crippen LogP contribution in [0.1, 0.15) is 11.7 Å². The predicted octanol–water partition coefficient (Wildman–Crippen LogP) is 1.06. The Morgan fingerprint density at radius 3 is 2.38 bits per heavy atom. The molecule has 8 heteroatoms. The number of ether oxygens (including phenoxy) is 2. The van der Waals surface area contributed by atoms with E-state index in [2.05, 4.69) is 14.7 Å². The number of halogens is 3. The van der Waals surface area contributed by atoms with Gasteiger partial charge in [-0.05, 0) is 0 Å². The largest absolute Gasteiger partial charge is 0.480 e. The predicted molar refractivity (Wildman–Crippen MR) is 48.1 cm³/mol. The van der Waals surface area contributed by atoms with E-state index in [-0.39, 0.29) is 11.8 Å². The molecule has 0 saturated heterocycles. The molecular weight excluding hydrogens is 227 g/mol. The monoisotopic (exact) mass is 237 g/mol. The number of nitrogens with two attached hydrogens (primary N) is 1. The molecule has 1 rings (SSSR count). The Labute approximate surface area is 89.4 Å². The molecule has 1 aromatic heterocycles. The molecule has 2 N–H and O–H groups in total. The first-order valence-corrected chi connectivity index (χ1v) is 4.17. The molecule has 0 aliphatic carbocycles. The highest BCUT2D eigenvalue weighted by atomic mass is 19.4. The van der Waals surface area contributed by atoms with Gasteiger partial charge in [-0.15, -0.1) is 0 Å². The zero-order valence-corrected chi connectivity index (χ0v) is 8.58. The minimum atomic E-state index is -4.60. The van der Waals surface area contributed by atoms with Crippen LogP contribution < -0.4 is 15.2 Å². The summed E-state index contributed by atoms with van der Waals surface area (Å²) in [6.45, 7) is 0. The first-order chi connectivity index (χ1) is 7.40. The number of hydrogen-bond donors (Lipinski definition) is 1. The van der Waals surface area contributed by atoms with Gasteiger partial charge in [-0.2, -0.15) is 18.2 Å². The molecule has 1 aromatic rings. The lowest BCUT2D eigenvalue weighted by Gasteiger charge is -2.16. The van der Waals surface area contributed by atoms with Gasteiger partial charge in [0.15, 0.2) is 0 Å². The lowest BCUT2D eigenvalue weighted by molar-refractivity contribution is -0.150. The smallest absolute Gasteiger partial charge is 0.409 e. The lowest BCUT2D eigenvalue weighted by atomic mass is 10.2. The number of aromatic nitrogens is 2. The second-order valence-electron chi connectivity index (χ2n) is 2.83. The first-order valence-electron chi connectivity index (χ1n) is 4.17. The van der Waals surface area contributed by atoms with Crippen molar-refractivity contribution < 1.29 is 22.6 Å². The average molecular weight is 237 g/mol. The van der Waals surface area contributed by atoms with Crippen LogP contribution >= 0.6 is 0 Å². The third-order valence-corrected chi connectivity index (χ3v) is 1.79. The van der Waals surface area contributed by atoms with Gasteiger partial charge in [0.05, 0.1) is 20.4 Å². The number of nitrogens with zero attached hydrogens (tertiary/aromatic N) is 2. The van der Waals surface area contributed by atoms with E-state index in [1.165, 1.54) is 14.2 Å². The topological polar surface area (TPSA) is 70.3 Å². The summed E-state index contributed by atoms with van der Waals surface area (Å²) in [5.74, 6) is -0.251. The van der Waals surface area contributed by atoms with Crippen molar-refractivity contribution in [3.8, 4) is 11.8 Å². The van der Waals surface area contributed by atoms with E-state index in [0.717, 1.165) is 6.20 Å². The van der Waals surface area contributed by atoms with Crippen molar-refractivity contribution in [2.24, 2.45) is 5.73 Å². The summed E-state index contributed by atoms with van der Waals surface area (Å²) in [6.07, 6.45) is -3.56. The molecule has 0 aliphatic heterocycles. The fourth-order valence-corrected chi connectivity index (χ4v) is 0.983. The molecule has 0 saturated carbocycles. The van der Waals surface area contributed by atoms with Crippen molar-refractivity contribution in [3.05, 3.63) is 11.9 Å². The number of methoxy groups -OCH3 is 2. The molecule has 1 unspecified atom stereocenters. The van der Waals surface area contributed by atoms with Gasteiger partial charge in [-0.25, -0.2) is 4.98 Å². The van der Waals surface area contributed by atoms with E-state index in [4.69, 9.17) is 10.5 Å². The maximum atomic E-state index is 12.4.